The zero-order valence-electron chi connectivity index (χ0n) is 11.7. The van der Waals surface area contributed by atoms with Gasteiger partial charge in [-0.1, -0.05) is 23.7 Å². The van der Waals surface area contributed by atoms with Crippen molar-refractivity contribution in [1.29, 1.82) is 0 Å². The second kappa shape index (κ2) is 5.70. The third kappa shape index (κ3) is 3.07. The molecular formula is C16H12ClF3N2O. The number of nitrogens with one attached hydrogen (secondary N) is 1. The van der Waals surface area contributed by atoms with Crippen LogP contribution >= 0.6 is 11.6 Å². The van der Waals surface area contributed by atoms with Gasteiger partial charge in [0.1, 0.15) is 5.76 Å². The van der Waals surface area contributed by atoms with E-state index < -0.39 is 11.7 Å². The van der Waals surface area contributed by atoms with Gasteiger partial charge in [0.15, 0.2) is 0 Å². The van der Waals surface area contributed by atoms with Gasteiger partial charge in [-0.3, -0.25) is 0 Å². The average Bonchev–Trinajstić information content (AvgIpc) is 2.66. The Kier molecular flexibility index (Phi) is 3.85. The minimum atomic E-state index is -4.52. The number of fused-ring (bicyclic) bond motifs is 1. The molecule has 120 valence electrons. The molecule has 1 heterocycles. The lowest BCUT2D eigenvalue weighted by Crippen LogP contribution is -2.16. The lowest BCUT2D eigenvalue weighted by Gasteiger charge is -2.25. The summed E-state index contributed by atoms with van der Waals surface area (Å²) in [4.78, 5) is 1.29. The molecule has 7 heteroatoms. The van der Waals surface area contributed by atoms with Gasteiger partial charge in [-0.25, -0.2) is 0 Å². The summed E-state index contributed by atoms with van der Waals surface area (Å²) in [5, 5.41) is 13.2. The first kappa shape index (κ1) is 15.6. The maximum Gasteiger partial charge on any atom is 0.418 e. The molecule has 2 aromatic carbocycles. The molecule has 3 nitrogen and oxygen atoms in total. The molecule has 0 amide bonds. The average molecular weight is 341 g/mol. The second-order valence-corrected chi connectivity index (χ2v) is 5.46. The summed E-state index contributed by atoms with van der Waals surface area (Å²) < 4.78 is 39.9. The van der Waals surface area contributed by atoms with E-state index in [-0.39, 0.29) is 18.0 Å². The Hall–Kier alpha value is -2.34. The number of hydrogen-bond donors (Lipinski definition) is 2. The number of alkyl halides is 3. The molecule has 0 spiro atoms. The van der Waals surface area contributed by atoms with E-state index in [0.717, 1.165) is 6.07 Å². The largest absolute Gasteiger partial charge is 0.509 e. The Bertz CT molecular complexity index is 774. The minimum Gasteiger partial charge on any atom is -0.509 e. The smallest absolute Gasteiger partial charge is 0.418 e. The number of nitrogens with zero attached hydrogens (tertiary/aromatic N) is 1. The van der Waals surface area contributed by atoms with E-state index in [2.05, 4.69) is 5.32 Å². The molecule has 2 N–H and O–H groups in total. The first-order valence-electron chi connectivity index (χ1n) is 6.75. The van der Waals surface area contributed by atoms with Crippen molar-refractivity contribution in [2.75, 3.05) is 16.8 Å². The highest BCUT2D eigenvalue weighted by molar-refractivity contribution is 6.31. The van der Waals surface area contributed by atoms with Gasteiger partial charge in [0.2, 0.25) is 0 Å². The molecule has 0 radical (unpaired) electrons. The van der Waals surface area contributed by atoms with Crippen LogP contribution in [0, 0.1) is 0 Å². The van der Waals surface area contributed by atoms with Crippen molar-refractivity contribution in [1.82, 2.24) is 0 Å². The van der Waals surface area contributed by atoms with Gasteiger partial charge >= 0.3 is 6.18 Å². The highest BCUT2D eigenvalue weighted by atomic mass is 35.5. The van der Waals surface area contributed by atoms with Gasteiger partial charge in [0.25, 0.3) is 0 Å². The third-order valence-electron chi connectivity index (χ3n) is 3.43. The van der Waals surface area contributed by atoms with E-state index in [0.29, 0.717) is 16.4 Å². The number of rotatable bonds is 1. The summed E-state index contributed by atoms with van der Waals surface area (Å²) in [6, 6.07) is 10.0. The fourth-order valence-corrected chi connectivity index (χ4v) is 2.59. The van der Waals surface area contributed by atoms with Crippen LogP contribution in [0.25, 0.3) is 0 Å². The van der Waals surface area contributed by atoms with Gasteiger partial charge in [0.05, 0.1) is 29.2 Å². The molecule has 0 aliphatic carbocycles. The molecule has 1 aliphatic rings. The van der Waals surface area contributed by atoms with Crippen LogP contribution in [0.15, 0.2) is 54.4 Å². The van der Waals surface area contributed by atoms with Crippen molar-refractivity contribution >= 4 is 28.7 Å². The topological polar surface area (TPSA) is 35.5 Å². The maximum absolute atomic E-state index is 13.3. The molecule has 0 unspecified atom stereocenters. The highest BCUT2D eigenvalue weighted by Crippen LogP contribution is 2.42. The number of anilines is 3. The van der Waals surface area contributed by atoms with E-state index in [1.165, 1.54) is 29.3 Å². The Morgan fingerprint density at radius 3 is 2.57 bits per heavy atom. The Morgan fingerprint density at radius 1 is 1.09 bits per heavy atom. The Labute approximate surface area is 135 Å². The molecule has 2 aromatic rings. The number of benzene rings is 2. The van der Waals surface area contributed by atoms with E-state index in [1.807, 2.05) is 0 Å². The molecule has 0 atom stereocenters. The molecule has 0 aromatic heterocycles. The van der Waals surface area contributed by atoms with E-state index >= 15 is 0 Å². The summed E-state index contributed by atoms with van der Waals surface area (Å²) >= 11 is 5.99. The van der Waals surface area contributed by atoms with Crippen molar-refractivity contribution in [3.05, 3.63) is 65.0 Å². The van der Waals surface area contributed by atoms with Gasteiger partial charge in [0, 0.05) is 11.2 Å². The zero-order chi connectivity index (χ0) is 16.6. The molecular weight excluding hydrogens is 329 g/mol. The summed E-state index contributed by atoms with van der Waals surface area (Å²) in [5.74, 6) is -0.0886. The van der Waals surface area contributed by atoms with Gasteiger partial charge in [-0.05, 0) is 30.3 Å². The minimum absolute atomic E-state index is 0.0845. The van der Waals surface area contributed by atoms with Crippen LogP contribution in [0.4, 0.5) is 30.2 Å². The van der Waals surface area contributed by atoms with Gasteiger partial charge in [-0.2, -0.15) is 13.2 Å². The van der Waals surface area contributed by atoms with E-state index in [9.17, 15) is 18.3 Å². The molecule has 0 saturated heterocycles. The number of halogens is 4. The van der Waals surface area contributed by atoms with E-state index in [1.54, 1.807) is 18.2 Å². The molecule has 1 aliphatic heterocycles. The number of aliphatic hydroxyl groups excluding tert-OH is 1. The SMILES string of the molecule is OC1=CN(c2ccccc2C(F)(F)F)c2cc(Cl)ccc2NC1. The van der Waals surface area contributed by atoms with Crippen molar-refractivity contribution in [2.24, 2.45) is 0 Å². The molecule has 23 heavy (non-hydrogen) atoms. The molecule has 3 rings (SSSR count). The lowest BCUT2D eigenvalue weighted by molar-refractivity contribution is -0.137. The summed E-state index contributed by atoms with van der Waals surface area (Å²) in [6.45, 7) is 0.110. The van der Waals surface area contributed by atoms with Crippen LogP contribution in [0.3, 0.4) is 0 Å². The molecule has 0 fully saturated rings. The predicted octanol–water partition coefficient (Wildman–Crippen LogP) is 5.32. The monoisotopic (exact) mass is 340 g/mol. The van der Waals surface area contributed by atoms with Crippen LogP contribution in [0.2, 0.25) is 5.02 Å². The number of para-hydroxylation sites is 1. The Morgan fingerprint density at radius 2 is 1.83 bits per heavy atom. The third-order valence-corrected chi connectivity index (χ3v) is 3.66. The Balaban J connectivity index is 2.23. The number of aliphatic hydroxyl groups is 1. The van der Waals surface area contributed by atoms with E-state index in [4.69, 9.17) is 11.6 Å². The van der Waals surface area contributed by atoms with Crippen LogP contribution in [0.1, 0.15) is 5.56 Å². The fraction of sp³-hybridized carbons (Fsp3) is 0.125. The molecule has 0 saturated carbocycles. The van der Waals surface area contributed by atoms with Crippen molar-refractivity contribution in [3.8, 4) is 0 Å². The van der Waals surface area contributed by atoms with Crippen LogP contribution in [-0.4, -0.2) is 11.7 Å². The standard InChI is InChI=1S/C16H12ClF3N2O/c17-10-5-6-13-15(7-10)22(9-11(23)8-21-13)14-4-2-1-3-12(14)16(18,19)20/h1-7,9,21,23H,8H2. The summed E-state index contributed by atoms with van der Waals surface area (Å²) in [5.41, 5.74) is 0.126. The quantitative estimate of drug-likeness (QED) is 0.737. The number of hydrogen-bond acceptors (Lipinski definition) is 3. The summed E-state index contributed by atoms with van der Waals surface area (Å²) in [6.07, 6.45) is -3.25. The van der Waals surface area contributed by atoms with Crippen LogP contribution < -0.4 is 10.2 Å². The second-order valence-electron chi connectivity index (χ2n) is 5.02. The first-order chi connectivity index (χ1) is 10.9. The maximum atomic E-state index is 13.3. The van der Waals surface area contributed by atoms with Gasteiger partial charge in [-0.15, -0.1) is 0 Å². The van der Waals surface area contributed by atoms with Crippen molar-refractivity contribution in [2.45, 2.75) is 6.18 Å². The molecule has 0 bridgehead atoms. The highest BCUT2D eigenvalue weighted by Gasteiger charge is 2.35. The zero-order valence-corrected chi connectivity index (χ0v) is 12.5. The fourth-order valence-electron chi connectivity index (χ4n) is 2.43. The van der Waals surface area contributed by atoms with Crippen molar-refractivity contribution < 1.29 is 18.3 Å². The van der Waals surface area contributed by atoms with Gasteiger partial charge < -0.3 is 15.3 Å². The van der Waals surface area contributed by atoms with Crippen LogP contribution in [0.5, 0.6) is 0 Å². The predicted molar refractivity (Wildman–Crippen MR) is 84.2 cm³/mol. The van der Waals surface area contributed by atoms with Crippen LogP contribution in [-0.2, 0) is 6.18 Å². The normalized spacial score (nSPS) is 14.6. The first-order valence-corrected chi connectivity index (χ1v) is 7.12. The summed E-state index contributed by atoms with van der Waals surface area (Å²) in [7, 11) is 0. The lowest BCUT2D eigenvalue weighted by atomic mass is 10.1. The van der Waals surface area contributed by atoms with Crippen molar-refractivity contribution in [3.63, 3.8) is 0 Å².